The summed E-state index contributed by atoms with van der Waals surface area (Å²) in [6.45, 7) is 15.5. The van der Waals surface area contributed by atoms with Crippen LogP contribution < -0.4 is 0 Å². The maximum absolute atomic E-state index is 11.1. The monoisotopic (exact) mass is 404 g/mol. The van der Waals surface area contributed by atoms with Gasteiger partial charge in [-0.05, 0) is 44.6 Å². The molecule has 0 heterocycles. The molecule has 0 aliphatic heterocycles. The Morgan fingerprint density at radius 3 is 2.14 bits per heavy atom. The van der Waals surface area contributed by atoms with Crippen molar-refractivity contribution in [3.05, 3.63) is 48.6 Å². The zero-order valence-electron chi connectivity index (χ0n) is 19.3. The van der Waals surface area contributed by atoms with Crippen molar-refractivity contribution in [1.29, 1.82) is 0 Å². The van der Waals surface area contributed by atoms with Gasteiger partial charge in [-0.3, -0.25) is 4.79 Å². The first-order valence-corrected chi connectivity index (χ1v) is 11.4. The van der Waals surface area contributed by atoms with E-state index in [1.54, 1.807) is 0 Å². The number of aldehydes is 1. The predicted molar refractivity (Wildman–Crippen MR) is 124 cm³/mol. The van der Waals surface area contributed by atoms with E-state index in [4.69, 9.17) is 9.47 Å². The van der Waals surface area contributed by atoms with Gasteiger partial charge in [0.15, 0.2) is 6.29 Å². The molecule has 1 fully saturated rings. The zero-order chi connectivity index (χ0) is 21.9. The van der Waals surface area contributed by atoms with Crippen molar-refractivity contribution >= 4 is 6.29 Å². The van der Waals surface area contributed by atoms with Crippen LogP contribution in [0.5, 0.6) is 0 Å². The van der Waals surface area contributed by atoms with Crippen LogP contribution in [0.4, 0.5) is 0 Å². The minimum absolute atomic E-state index is 0.0370. The van der Waals surface area contributed by atoms with E-state index in [1.165, 1.54) is 50.5 Å². The molecule has 1 aromatic carbocycles. The fraction of sp³-hybridized carbons (Fsp3) is 0.654. The molecular formula is C26H44O3. The highest BCUT2D eigenvalue weighted by molar-refractivity contribution is 5.77. The van der Waals surface area contributed by atoms with E-state index >= 15 is 0 Å². The highest BCUT2D eigenvalue weighted by Crippen LogP contribution is 2.34. The van der Waals surface area contributed by atoms with Crippen LogP contribution >= 0.6 is 0 Å². The van der Waals surface area contributed by atoms with Crippen LogP contribution in [0.2, 0.25) is 0 Å². The van der Waals surface area contributed by atoms with Gasteiger partial charge >= 0.3 is 0 Å². The number of ether oxygens (including phenoxy) is 2. The normalized spacial score (nSPS) is 14.9. The second-order valence-corrected chi connectivity index (χ2v) is 7.45. The van der Waals surface area contributed by atoms with Gasteiger partial charge in [0.2, 0.25) is 0 Å². The van der Waals surface area contributed by atoms with Crippen molar-refractivity contribution in [2.75, 3.05) is 13.2 Å². The second-order valence-electron chi connectivity index (χ2n) is 7.45. The average molecular weight is 405 g/mol. The summed E-state index contributed by atoms with van der Waals surface area (Å²) in [7, 11) is 0. The van der Waals surface area contributed by atoms with Crippen LogP contribution in [-0.2, 0) is 15.9 Å². The van der Waals surface area contributed by atoms with E-state index in [0.29, 0.717) is 0 Å². The summed E-state index contributed by atoms with van der Waals surface area (Å²) in [5.74, 6) is 1.65. The number of hydrogen-bond donors (Lipinski definition) is 0. The van der Waals surface area contributed by atoms with Gasteiger partial charge in [-0.2, -0.15) is 0 Å². The molecule has 1 atom stereocenters. The fourth-order valence-electron chi connectivity index (χ4n) is 4.12. The van der Waals surface area contributed by atoms with Crippen LogP contribution in [0.1, 0.15) is 88.6 Å². The molecule has 0 saturated heterocycles. The van der Waals surface area contributed by atoms with Crippen LogP contribution in [0, 0.1) is 11.8 Å². The van der Waals surface area contributed by atoms with Gasteiger partial charge in [0.1, 0.15) is 6.29 Å². The SMILES string of the molecule is C=C.CCCC(Cc1ccccc1C=O)C1CCCCC1.CCOC(C)OCC. The van der Waals surface area contributed by atoms with Gasteiger partial charge in [0.05, 0.1) is 0 Å². The van der Waals surface area contributed by atoms with Gasteiger partial charge in [-0.1, -0.05) is 76.1 Å². The number of hydrogen-bond acceptors (Lipinski definition) is 3. The van der Waals surface area contributed by atoms with E-state index in [9.17, 15) is 4.79 Å². The Morgan fingerprint density at radius 2 is 1.62 bits per heavy atom. The van der Waals surface area contributed by atoms with Crippen LogP contribution in [0.3, 0.4) is 0 Å². The number of carbonyl (C=O) groups excluding carboxylic acids is 1. The van der Waals surface area contributed by atoms with Crippen molar-refractivity contribution in [3.63, 3.8) is 0 Å². The molecule has 3 heteroatoms. The molecule has 0 amide bonds. The van der Waals surface area contributed by atoms with Gasteiger partial charge < -0.3 is 9.47 Å². The molecule has 0 spiro atoms. The molecule has 0 N–H and O–H groups in total. The lowest BCUT2D eigenvalue weighted by Crippen LogP contribution is -2.20. The standard InChI is InChI=1S/C18H26O.C6H14O2.C2H4/c1-2-8-16(15-9-4-3-5-10-15)13-17-11-6-7-12-18(17)14-19;1-4-7-6(3)8-5-2;1-2/h6-7,11-12,14-16H,2-5,8-10,13H2,1H3;6H,4-5H2,1-3H3;1-2H2. The van der Waals surface area contributed by atoms with E-state index in [0.717, 1.165) is 43.3 Å². The van der Waals surface area contributed by atoms with Gasteiger partial charge in [-0.15, -0.1) is 13.2 Å². The molecule has 1 saturated carbocycles. The Bertz CT molecular complexity index is 502. The zero-order valence-corrected chi connectivity index (χ0v) is 19.3. The molecule has 0 aromatic heterocycles. The quantitative estimate of drug-likeness (QED) is 0.234. The molecule has 0 radical (unpaired) electrons. The first-order chi connectivity index (χ1) is 14.2. The first kappa shape index (κ1) is 27.5. The largest absolute Gasteiger partial charge is 0.353 e. The third-order valence-corrected chi connectivity index (χ3v) is 5.44. The van der Waals surface area contributed by atoms with Crippen LogP contribution in [0.15, 0.2) is 37.4 Å². The molecule has 3 nitrogen and oxygen atoms in total. The van der Waals surface area contributed by atoms with Crippen molar-refractivity contribution in [2.45, 2.75) is 85.4 Å². The summed E-state index contributed by atoms with van der Waals surface area (Å²) >= 11 is 0. The van der Waals surface area contributed by atoms with E-state index < -0.39 is 0 Å². The molecule has 1 unspecified atom stereocenters. The second kappa shape index (κ2) is 18.6. The number of carbonyl (C=O) groups is 1. The summed E-state index contributed by atoms with van der Waals surface area (Å²) in [6, 6.07) is 8.11. The minimum atomic E-state index is -0.0370. The molecular weight excluding hydrogens is 360 g/mol. The maximum Gasteiger partial charge on any atom is 0.154 e. The Labute approximate surface area is 179 Å². The van der Waals surface area contributed by atoms with Gasteiger partial charge in [0.25, 0.3) is 0 Å². The van der Waals surface area contributed by atoms with E-state index in [-0.39, 0.29) is 6.29 Å². The molecule has 2 rings (SSSR count). The Hall–Kier alpha value is -1.45. The average Bonchev–Trinajstić information content (AvgIpc) is 2.77. The van der Waals surface area contributed by atoms with Crippen molar-refractivity contribution in [1.82, 2.24) is 0 Å². The van der Waals surface area contributed by atoms with Crippen LogP contribution in [-0.4, -0.2) is 25.8 Å². The lowest BCUT2D eigenvalue weighted by Gasteiger charge is -2.30. The molecule has 1 aliphatic carbocycles. The maximum atomic E-state index is 11.1. The van der Waals surface area contributed by atoms with E-state index in [1.807, 2.05) is 32.9 Å². The molecule has 1 aliphatic rings. The van der Waals surface area contributed by atoms with Crippen molar-refractivity contribution < 1.29 is 14.3 Å². The van der Waals surface area contributed by atoms with Crippen molar-refractivity contribution in [2.24, 2.45) is 11.8 Å². The van der Waals surface area contributed by atoms with Crippen molar-refractivity contribution in [3.8, 4) is 0 Å². The van der Waals surface area contributed by atoms with Gasteiger partial charge in [0, 0.05) is 18.8 Å². The third kappa shape index (κ3) is 12.0. The Balaban J connectivity index is 0.000000664. The lowest BCUT2D eigenvalue weighted by atomic mass is 9.75. The number of benzene rings is 1. The van der Waals surface area contributed by atoms with Crippen LogP contribution in [0.25, 0.3) is 0 Å². The van der Waals surface area contributed by atoms with E-state index in [2.05, 4.69) is 32.2 Å². The molecule has 29 heavy (non-hydrogen) atoms. The smallest absolute Gasteiger partial charge is 0.154 e. The molecule has 166 valence electrons. The fourth-order valence-corrected chi connectivity index (χ4v) is 4.12. The Kier molecular flexibility index (Phi) is 17.6. The predicted octanol–water partition coefficient (Wildman–Crippen LogP) is 7.25. The highest BCUT2D eigenvalue weighted by atomic mass is 16.7. The summed E-state index contributed by atoms with van der Waals surface area (Å²) in [5.41, 5.74) is 2.14. The summed E-state index contributed by atoms with van der Waals surface area (Å²) < 4.78 is 10.1. The lowest BCUT2D eigenvalue weighted by molar-refractivity contribution is -0.123. The Morgan fingerprint density at radius 1 is 1.03 bits per heavy atom. The summed E-state index contributed by atoms with van der Waals surface area (Å²) in [5, 5.41) is 0. The summed E-state index contributed by atoms with van der Waals surface area (Å²) in [4.78, 5) is 11.1. The topological polar surface area (TPSA) is 35.5 Å². The molecule has 1 aromatic rings. The third-order valence-electron chi connectivity index (χ3n) is 5.44. The minimum Gasteiger partial charge on any atom is -0.353 e. The molecule has 0 bridgehead atoms. The number of rotatable bonds is 10. The highest BCUT2D eigenvalue weighted by Gasteiger charge is 2.23. The summed E-state index contributed by atoms with van der Waals surface area (Å²) in [6.07, 6.45) is 11.6. The first-order valence-electron chi connectivity index (χ1n) is 11.4. The van der Waals surface area contributed by atoms with Gasteiger partial charge in [-0.25, -0.2) is 0 Å².